The molecule has 1 fully saturated rings. The zero-order chi connectivity index (χ0) is 11.5. The number of likely N-dealkylation sites (N-methyl/N-ethyl adjacent to an activating group) is 2. The standard InChI is InChI=1S/C7H17N4O3P/c1-8-14-15(12,13-4)9-7-10(2)5-6-11(7)3/h8H,5-6H2,1-4H3. The second-order valence-corrected chi connectivity index (χ2v) is 4.87. The Morgan fingerprint density at radius 3 is 2.33 bits per heavy atom. The molecule has 0 amide bonds. The van der Waals surface area contributed by atoms with Crippen molar-refractivity contribution in [3.8, 4) is 0 Å². The molecule has 1 rings (SSSR count). The maximum Gasteiger partial charge on any atom is 0.473 e. The van der Waals surface area contributed by atoms with E-state index in [9.17, 15) is 4.57 Å². The molecule has 1 unspecified atom stereocenters. The molecule has 7 nitrogen and oxygen atoms in total. The molecule has 1 aliphatic heterocycles. The summed E-state index contributed by atoms with van der Waals surface area (Å²) < 4.78 is 25.4. The van der Waals surface area contributed by atoms with Crippen molar-refractivity contribution in [2.45, 2.75) is 0 Å². The Bertz CT molecular complexity index is 284. The number of nitrogens with zero attached hydrogens (tertiary/aromatic N) is 3. The third kappa shape index (κ3) is 2.92. The Labute approximate surface area is 89.6 Å². The molecule has 1 atom stereocenters. The first-order chi connectivity index (χ1) is 7.02. The predicted octanol–water partition coefficient (Wildman–Crippen LogP) is 0.125. The molecule has 0 aliphatic carbocycles. The maximum atomic E-state index is 11.9. The highest BCUT2D eigenvalue weighted by atomic mass is 31.2. The molecule has 1 saturated heterocycles. The molecule has 1 heterocycles. The van der Waals surface area contributed by atoms with E-state index in [0.29, 0.717) is 5.96 Å². The normalized spacial score (nSPS) is 20.7. The Morgan fingerprint density at radius 2 is 1.93 bits per heavy atom. The van der Waals surface area contributed by atoms with E-state index in [1.54, 1.807) is 0 Å². The highest BCUT2D eigenvalue weighted by Gasteiger charge is 2.28. The summed E-state index contributed by atoms with van der Waals surface area (Å²) in [4.78, 5) is 3.79. The molecule has 15 heavy (non-hydrogen) atoms. The molecule has 0 saturated carbocycles. The molecule has 8 heteroatoms. The van der Waals surface area contributed by atoms with Crippen LogP contribution < -0.4 is 5.48 Å². The Hall–Kier alpha value is -0.620. The van der Waals surface area contributed by atoms with Gasteiger partial charge in [0.15, 0.2) is 0 Å². The van der Waals surface area contributed by atoms with Gasteiger partial charge < -0.3 is 9.80 Å². The largest absolute Gasteiger partial charge is 0.473 e. The third-order valence-corrected chi connectivity index (χ3v) is 3.40. The summed E-state index contributed by atoms with van der Waals surface area (Å²) in [7, 11) is 3.13. The van der Waals surface area contributed by atoms with E-state index in [-0.39, 0.29) is 0 Å². The van der Waals surface area contributed by atoms with E-state index < -0.39 is 7.75 Å². The molecule has 0 aromatic heterocycles. The van der Waals surface area contributed by atoms with Crippen molar-refractivity contribution in [3.05, 3.63) is 0 Å². The second kappa shape index (κ2) is 4.94. The van der Waals surface area contributed by atoms with Gasteiger partial charge in [-0.15, -0.1) is 4.76 Å². The summed E-state index contributed by atoms with van der Waals surface area (Å²) >= 11 is 0. The van der Waals surface area contributed by atoms with Crippen LogP contribution in [0.3, 0.4) is 0 Å². The van der Waals surface area contributed by atoms with Crippen molar-refractivity contribution in [3.63, 3.8) is 0 Å². The fourth-order valence-corrected chi connectivity index (χ4v) is 2.22. The van der Waals surface area contributed by atoms with Crippen LogP contribution in [0, 0.1) is 0 Å². The van der Waals surface area contributed by atoms with Crippen molar-refractivity contribution in [2.24, 2.45) is 4.76 Å². The Morgan fingerprint density at radius 1 is 1.40 bits per heavy atom. The minimum Gasteiger partial charge on any atom is -0.344 e. The average Bonchev–Trinajstić information content (AvgIpc) is 2.50. The number of hydroxylamine groups is 1. The fourth-order valence-electron chi connectivity index (χ4n) is 1.27. The lowest BCUT2D eigenvalue weighted by Crippen LogP contribution is -2.28. The molecule has 0 radical (unpaired) electrons. The first kappa shape index (κ1) is 12.4. The summed E-state index contributed by atoms with van der Waals surface area (Å²) in [6.07, 6.45) is 0. The van der Waals surface area contributed by atoms with Crippen LogP contribution in [-0.2, 0) is 13.7 Å². The lowest BCUT2D eigenvalue weighted by atomic mass is 10.6. The van der Waals surface area contributed by atoms with Crippen LogP contribution in [0.25, 0.3) is 0 Å². The summed E-state index contributed by atoms with van der Waals surface area (Å²) in [5.74, 6) is 0.607. The van der Waals surface area contributed by atoms with Gasteiger partial charge in [0.25, 0.3) is 0 Å². The lowest BCUT2D eigenvalue weighted by molar-refractivity contribution is 0.172. The molecular formula is C7H17N4O3P. The molecule has 88 valence electrons. The van der Waals surface area contributed by atoms with Crippen LogP contribution in [0.2, 0.25) is 0 Å². The van der Waals surface area contributed by atoms with Crippen LogP contribution in [-0.4, -0.2) is 57.1 Å². The maximum absolute atomic E-state index is 11.9. The first-order valence-corrected chi connectivity index (χ1v) is 6.05. The van der Waals surface area contributed by atoms with E-state index in [4.69, 9.17) is 9.15 Å². The van der Waals surface area contributed by atoms with Gasteiger partial charge in [0.05, 0.1) is 0 Å². The van der Waals surface area contributed by atoms with Gasteiger partial charge in [-0.1, -0.05) is 0 Å². The highest BCUT2D eigenvalue weighted by Crippen LogP contribution is 2.48. The topological polar surface area (TPSA) is 66.4 Å². The number of guanidine groups is 1. The van der Waals surface area contributed by atoms with Gasteiger partial charge in [-0.2, -0.15) is 5.48 Å². The molecule has 0 aromatic rings. The fraction of sp³-hybridized carbons (Fsp3) is 0.857. The Balaban J connectivity index is 2.87. The van der Waals surface area contributed by atoms with Gasteiger partial charge >= 0.3 is 7.75 Å². The van der Waals surface area contributed by atoms with Crippen LogP contribution in [0.15, 0.2) is 4.76 Å². The summed E-state index contributed by atoms with van der Waals surface area (Å²) in [6, 6.07) is 0. The predicted molar refractivity (Wildman–Crippen MR) is 57.5 cm³/mol. The van der Waals surface area contributed by atoms with Gasteiger partial charge in [0.1, 0.15) is 0 Å². The summed E-state index contributed by atoms with van der Waals surface area (Å²) in [5.41, 5.74) is 2.33. The van der Waals surface area contributed by atoms with Crippen LogP contribution in [0.5, 0.6) is 0 Å². The summed E-state index contributed by atoms with van der Waals surface area (Å²) in [6.45, 7) is 1.69. The molecular weight excluding hydrogens is 219 g/mol. The zero-order valence-electron chi connectivity index (χ0n) is 9.43. The average molecular weight is 236 g/mol. The van der Waals surface area contributed by atoms with Gasteiger partial charge in [-0.05, 0) is 0 Å². The molecule has 1 aliphatic rings. The molecule has 0 bridgehead atoms. The number of nitrogens with one attached hydrogen (secondary N) is 1. The van der Waals surface area contributed by atoms with Crippen LogP contribution in [0.1, 0.15) is 0 Å². The van der Waals surface area contributed by atoms with Gasteiger partial charge in [-0.3, -0.25) is 4.52 Å². The van der Waals surface area contributed by atoms with Crippen LogP contribution in [0.4, 0.5) is 0 Å². The quantitative estimate of drug-likeness (QED) is 0.552. The monoisotopic (exact) mass is 236 g/mol. The molecule has 0 aromatic carbocycles. The van der Waals surface area contributed by atoms with Crippen LogP contribution >= 0.6 is 7.75 Å². The van der Waals surface area contributed by atoms with Gasteiger partial charge in [0, 0.05) is 41.3 Å². The van der Waals surface area contributed by atoms with E-state index >= 15 is 0 Å². The van der Waals surface area contributed by atoms with Crippen molar-refractivity contribution in [1.82, 2.24) is 15.3 Å². The Kier molecular flexibility index (Phi) is 4.10. The first-order valence-electron chi connectivity index (χ1n) is 4.56. The van der Waals surface area contributed by atoms with Crippen molar-refractivity contribution >= 4 is 13.7 Å². The SMILES string of the molecule is CNOP(=O)(N=C1N(C)CCN1C)OC. The summed E-state index contributed by atoms with van der Waals surface area (Å²) in [5, 5.41) is 0. The zero-order valence-corrected chi connectivity index (χ0v) is 10.3. The van der Waals surface area contributed by atoms with Crippen molar-refractivity contribution in [2.75, 3.05) is 41.3 Å². The van der Waals surface area contributed by atoms with E-state index in [2.05, 4.69) is 10.2 Å². The number of rotatable bonds is 4. The van der Waals surface area contributed by atoms with E-state index in [1.165, 1.54) is 14.2 Å². The second-order valence-electron chi connectivity index (χ2n) is 3.19. The van der Waals surface area contributed by atoms with E-state index in [1.807, 2.05) is 23.9 Å². The minimum absolute atomic E-state index is 0.607. The van der Waals surface area contributed by atoms with Crippen molar-refractivity contribution < 1.29 is 13.7 Å². The van der Waals surface area contributed by atoms with E-state index in [0.717, 1.165) is 13.1 Å². The minimum atomic E-state index is -3.43. The van der Waals surface area contributed by atoms with Gasteiger partial charge in [-0.25, -0.2) is 9.19 Å². The third-order valence-electron chi connectivity index (χ3n) is 2.10. The number of hydrogen-bond acceptors (Lipinski definition) is 4. The van der Waals surface area contributed by atoms with Gasteiger partial charge in [0.2, 0.25) is 5.96 Å². The smallest absolute Gasteiger partial charge is 0.344 e. The molecule has 1 N–H and O–H groups in total. The number of hydrogen-bond donors (Lipinski definition) is 1. The highest BCUT2D eigenvalue weighted by molar-refractivity contribution is 7.52. The lowest BCUT2D eigenvalue weighted by Gasteiger charge is -2.18. The molecule has 0 spiro atoms. The van der Waals surface area contributed by atoms with Crippen molar-refractivity contribution in [1.29, 1.82) is 0 Å².